The van der Waals surface area contributed by atoms with Gasteiger partial charge in [-0.2, -0.15) is 0 Å². The van der Waals surface area contributed by atoms with Crippen molar-refractivity contribution in [2.24, 2.45) is 0 Å². The first-order valence-electron chi connectivity index (χ1n) is 9.51. The minimum absolute atomic E-state index is 0.157. The molecule has 4 aromatic rings. The third-order valence-corrected chi connectivity index (χ3v) is 6.58. The highest BCUT2D eigenvalue weighted by Crippen LogP contribution is 2.39. The first-order chi connectivity index (χ1) is 15.1. The predicted molar refractivity (Wildman–Crippen MR) is 127 cm³/mol. The number of ether oxygens (including phenoxy) is 1. The number of nitrogens with one attached hydrogen (secondary N) is 2. The van der Waals surface area contributed by atoms with Gasteiger partial charge in [0.25, 0.3) is 0 Å². The summed E-state index contributed by atoms with van der Waals surface area (Å²) < 4.78 is 56.1. The van der Waals surface area contributed by atoms with Crippen molar-refractivity contribution in [2.75, 3.05) is 29.7 Å². The molecule has 166 valence electrons. The molecule has 0 bridgehead atoms. The molecule has 0 saturated carbocycles. The molecule has 0 unspecified atom stereocenters. The van der Waals surface area contributed by atoms with Gasteiger partial charge < -0.3 is 10.1 Å². The van der Waals surface area contributed by atoms with E-state index in [9.17, 15) is 16.8 Å². The van der Waals surface area contributed by atoms with E-state index in [1.54, 1.807) is 36.4 Å². The van der Waals surface area contributed by atoms with Crippen LogP contribution >= 0.6 is 0 Å². The quantitative estimate of drug-likeness (QED) is 0.410. The topological polar surface area (TPSA) is 114 Å². The Labute approximate surface area is 186 Å². The van der Waals surface area contributed by atoms with Crippen LogP contribution in [0.25, 0.3) is 21.8 Å². The number of pyridine rings is 1. The van der Waals surface area contributed by atoms with E-state index in [1.165, 1.54) is 7.11 Å². The van der Waals surface area contributed by atoms with Gasteiger partial charge in [0.15, 0.2) is 9.84 Å². The van der Waals surface area contributed by atoms with Crippen molar-refractivity contribution in [3.05, 3.63) is 60.7 Å². The molecule has 1 heterocycles. The molecule has 1 aromatic heterocycles. The Hall–Kier alpha value is -3.37. The number of anilines is 3. The number of fused-ring (bicyclic) bond motifs is 2. The van der Waals surface area contributed by atoms with Crippen LogP contribution in [0.4, 0.5) is 17.1 Å². The summed E-state index contributed by atoms with van der Waals surface area (Å²) >= 11 is 0. The maximum absolute atomic E-state index is 12.5. The molecule has 0 aliphatic carbocycles. The van der Waals surface area contributed by atoms with Crippen LogP contribution in [0.15, 0.2) is 65.6 Å². The highest BCUT2D eigenvalue weighted by Gasteiger charge is 2.19. The van der Waals surface area contributed by atoms with E-state index in [4.69, 9.17) is 4.74 Å². The van der Waals surface area contributed by atoms with Crippen molar-refractivity contribution in [3.8, 4) is 5.75 Å². The van der Waals surface area contributed by atoms with Gasteiger partial charge in [0.05, 0.1) is 46.4 Å². The Balaban J connectivity index is 1.98. The molecule has 32 heavy (non-hydrogen) atoms. The number of methoxy groups -OCH3 is 1. The lowest BCUT2D eigenvalue weighted by molar-refractivity contribution is 0.417. The number of nitrogens with zero attached hydrogens (tertiary/aromatic N) is 1. The zero-order chi connectivity index (χ0) is 23.1. The van der Waals surface area contributed by atoms with E-state index in [0.717, 1.165) is 17.9 Å². The molecule has 8 nitrogen and oxygen atoms in total. The Morgan fingerprint density at radius 1 is 0.875 bits per heavy atom. The molecule has 0 radical (unpaired) electrons. The van der Waals surface area contributed by atoms with Gasteiger partial charge in [-0.05, 0) is 30.3 Å². The Kier molecular flexibility index (Phi) is 5.43. The highest BCUT2D eigenvalue weighted by atomic mass is 32.2. The van der Waals surface area contributed by atoms with E-state index in [-0.39, 0.29) is 4.90 Å². The summed E-state index contributed by atoms with van der Waals surface area (Å²) in [4.78, 5) is 4.80. The van der Waals surface area contributed by atoms with Crippen LogP contribution < -0.4 is 14.8 Å². The molecule has 10 heteroatoms. The number of hydrogen-bond donors (Lipinski definition) is 2. The molecule has 0 aliphatic rings. The molecule has 0 spiro atoms. The lowest BCUT2D eigenvalue weighted by Gasteiger charge is -2.18. The summed E-state index contributed by atoms with van der Waals surface area (Å²) in [5.74, 6) is 0.379. The van der Waals surface area contributed by atoms with Crippen molar-refractivity contribution in [3.63, 3.8) is 0 Å². The number of rotatable bonds is 6. The summed E-state index contributed by atoms with van der Waals surface area (Å²) in [6.07, 6.45) is 2.22. The zero-order valence-corrected chi connectivity index (χ0v) is 19.2. The first kappa shape index (κ1) is 21.8. The number of hydrogen-bond acceptors (Lipinski definition) is 7. The summed E-state index contributed by atoms with van der Waals surface area (Å²) in [5.41, 5.74) is 2.67. The standard InChI is InChI=1S/C22H21N3O5S2/c1-30-19-13-14(25-32(3,28)29)11-12-17(19)24-22-15-7-4-5-8-16(15)23-18-9-6-10-20(21(18)22)31(2,26)27/h4-13,25H,1-3H3,(H,23,24). The average molecular weight is 472 g/mol. The molecular formula is C22H21N3O5S2. The van der Waals surface area contributed by atoms with Crippen molar-refractivity contribution < 1.29 is 21.6 Å². The van der Waals surface area contributed by atoms with Crippen LogP contribution in [0, 0.1) is 0 Å². The van der Waals surface area contributed by atoms with Gasteiger partial charge in [-0.3, -0.25) is 4.72 Å². The van der Waals surface area contributed by atoms with E-state index < -0.39 is 19.9 Å². The molecule has 3 aromatic carbocycles. The average Bonchev–Trinajstić information content (AvgIpc) is 2.72. The summed E-state index contributed by atoms with van der Waals surface area (Å²) in [6.45, 7) is 0. The van der Waals surface area contributed by atoms with Gasteiger partial charge in [0.1, 0.15) is 5.75 Å². The van der Waals surface area contributed by atoms with Gasteiger partial charge in [0.2, 0.25) is 10.0 Å². The number of benzene rings is 3. The van der Waals surface area contributed by atoms with E-state index in [1.807, 2.05) is 24.3 Å². The summed E-state index contributed by atoms with van der Waals surface area (Å²) in [5, 5.41) is 4.50. The van der Waals surface area contributed by atoms with Crippen LogP contribution in [0.5, 0.6) is 5.75 Å². The number of sulfone groups is 1. The number of aromatic nitrogens is 1. The lowest BCUT2D eigenvalue weighted by atomic mass is 10.1. The Bertz CT molecular complexity index is 1570. The van der Waals surface area contributed by atoms with Gasteiger partial charge in [-0.1, -0.05) is 24.3 Å². The normalized spacial score (nSPS) is 12.1. The molecule has 4 rings (SSSR count). The number of sulfonamides is 1. The first-order valence-corrected chi connectivity index (χ1v) is 13.3. The fourth-order valence-electron chi connectivity index (χ4n) is 3.56. The maximum atomic E-state index is 12.5. The third-order valence-electron chi connectivity index (χ3n) is 4.83. The minimum Gasteiger partial charge on any atom is -0.494 e. The monoisotopic (exact) mass is 471 g/mol. The van der Waals surface area contributed by atoms with Gasteiger partial charge in [-0.15, -0.1) is 0 Å². The molecule has 0 aliphatic heterocycles. The fourth-order valence-corrected chi connectivity index (χ4v) is 5.01. The van der Waals surface area contributed by atoms with Crippen LogP contribution in [0.2, 0.25) is 0 Å². The van der Waals surface area contributed by atoms with E-state index in [2.05, 4.69) is 15.0 Å². The fraction of sp³-hybridized carbons (Fsp3) is 0.136. The molecule has 0 fully saturated rings. The van der Waals surface area contributed by atoms with Gasteiger partial charge >= 0.3 is 0 Å². The van der Waals surface area contributed by atoms with Crippen LogP contribution in [-0.4, -0.2) is 41.4 Å². The smallest absolute Gasteiger partial charge is 0.229 e. The van der Waals surface area contributed by atoms with Crippen molar-refractivity contribution >= 4 is 58.7 Å². The Morgan fingerprint density at radius 3 is 2.28 bits per heavy atom. The largest absolute Gasteiger partial charge is 0.494 e. The van der Waals surface area contributed by atoms with E-state index >= 15 is 0 Å². The Morgan fingerprint density at radius 2 is 1.59 bits per heavy atom. The van der Waals surface area contributed by atoms with Crippen molar-refractivity contribution in [1.29, 1.82) is 0 Å². The SMILES string of the molecule is COc1cc(NS(C)(=O)=O)ccc1Nc1c2ccccc2nc2cccc(S(C)(=O)=O)c12. The van der Waals surface area contributed by atoms with Crippen molar-refractivity contribution in [1.82, 2.24) is 4.98 Å². The highest BCUT2D eigenvalue weighted by molar-refractivity contribution is 7.92. The zero-order valence-electron chi connectivity index (χ0n) is 17.6. The van der Waals surface area contributed by atoms with Crippen LogP contribution in [-0.2, 0) is 19.9 Å². The van der Waals surface area contributed by atoms with Crippen LogP contribution in [0.3, 0.4) is 0 Å². The number of para-hydroxylation sites is 1. The molecule has 0 amide bonds. The van der Waals surface area contributed by atoms with Gasteiger partial charge in [0, 0.05) is 23.1 Å². The predicted octanol–water partition coefficient (Wildman–Crippen LogP) is 3.92. The summed E-state index contributed by atoms with van der Waals surface area (Å²) in [7, 11) is -5.53. The molecule has 0 saturated heterocycles. The van der Waals surface area contributed by atoms with Crippen LogP contribution in [0.1, 0.15) is 0 Å². The summed E-state index contributed by atoms with van der Waals surface area (Å²) in [6, 6.07) is 17.2. The molecule has 2 N–H and O–H groups in total. The second-order valence-corrected chi connectivity index (χ2v) is 11.1. The third kappa shape index (κ3) is 4.32. The lowest BCUT2D eigenvalue weighted by Crippen LogP contribution is -2.09. The second-order valence-electron chi connectivity index (χ2n) is 7.34. The van der Waals surface area contributed by atoms with Crippen molar-refractivity contribution in [2.45, 2.75) is 4.90 Å². The molecular weight excluding hydrogens is 450 g/mol. The molecule has 0 atom stereocenters. The van der Waals surface area contributed by atoms with E-state index in [0.29, 0.717) is 39.2 Å². The maximum Gasteiger partial charge on any atom is 0.229 e. The minimum atomic E-state index is -3.54. The second kappa shape index (κ2) is 7.95. The van der Waals surface area contributed by atoms with Gasteiger partial charge in [-0.25, -0.2) is 21.8 Å².